The predicted molar refractivity (Wildman–Crippen MR) is 129 cm³/mol. The second kappa shape index (κ2) is 10.7. The summed E-state index contributed by atoms with van der Waals surface area (Å²) in [4.78, 5) is 14.5. The molecule has 0 saturated carbocycles. The molecule has 1 amide bonds. The molecule has 2 aromatic carbocycles. The van der Waals surface area contributed by atoms with Crippen molar-refractivity contribution in [2.24, 2.45) is 0 Å². The average Bonchev–Trinajstić information content (AvgIpc) is 2.78. The van der Waals surface area contributed by atoms with Crippen molar-refractivity contribution in [2.75, 3.05) is 45.7 Å². The van der Waals surface area contributed by atoms with Gasteiger partial charge in [-0.05, 0) is 55.7 Å². The van der Waals surface area contributed by atoms with Crippen molar-refractivity contribution >= 4 is 45.0 Å². The van der Waals surface area contributed by atoms with Crippen LogP contribution in [0.5, 0.6) is 5.75 Å². The minimum Gasteiger partial charge on any atom is -0.496 e. The third-order valence-electron chi connectivity index (χ3n) is 5.00. The Labute approximate surface area is 193 Å². The summed E-state index contributed by atoms with van der Waals surface area (Å²) in [6.45, 7) is 2.35. The van der Waals surface area contributed by atoms with Crippen molar-refractivity contribution in [3.63, 3.8) is 0 Å². The van der Waals surface area contributed by atoms with E-state index in [0.717, 1.165) is 5.56 Å². The summed E-state index contributed by atoms with van der Waals surface area (Å²) < 4.78 is 32.3. The third-order valence-corrected chi connectivity index (χ3v) is 7.12. The second-order valence-electron chi connectivity index (χ2n) is 7.25. The molecule has 32 heavy (non-hydrogen) atoms. The number of benzene rings is 2. The summed E-state index contributed by atoms with van der Waals surface area (Å²) >= 11 is 5.18. The van der Waals surface area contributed by atoms with Gasteiger partial charge in [0.15, 0.2) is 5.11 Å². The molecule has 0 unspecified atom stereocenters. The van der Waals surface area contributed by atoms with E-state index >= 15 is 0 Å². The standard InChI is InChI=1S/C22H26N4O4S2/c1-25-13-15-26(16-14-25)32(28,29)19-10-8-18(9-11-19)23-22(31)24-21(27)12-7-17-5-3-4-6-20(17)30-2/h3-12H,13-16H2,1-2H3,(H2,23,24,27,31)/b12-7-. The predicted octanol–water partition coefficient (Wildman–Crippen LogP) is 2.16. The van der Waals surface area contributed by atoms with E-state index in [2.05, 4.69) is 15.5 Å². The smallest absolute Gasteiger partial charge is 0.250 e. The lowest BCUT2D eigenvalue weighted by Crippen LogP contribution is -2.46. The largest absolute Gasteiger partial charge is 0.496 e. The van der Waals surface area contributed by atoms with Crippen LogP contribution in [0.2, 0.25) is 0 Å². The number of nitrogens with one attached hydrogen (secondary N) is 2. The van der Waals surface area contributed by atoms with Crippen LogP contribution in [0.25, 0.3) is 6.08 Å². The number of sulfonamides is 1. The highest BCUT2D eigenvalue weighted by atomic mass is 32.2. The van der Waals surface area contributed by atoms with E-state index in [0.29, 0.717) is 37.6 Å². The van der Waals surface area contributed by atoms with Gasteiger partial charge in [-0.25, -0.2) is 8.42 Å². The minimum absolute atomic E-state index is 0.106. The van der Waals surface area contributed by atoms with Crippen LogP contribution in [0.1, 0.15) is 5.56 Å². The molecule has 1 fully saturated rings. The van der Waals surface area contributed by atoms with E-state index in [1.54, 1.807) is 31.4 Å². The Kier molecular flexibility index (Phi) is 7.97. The lowest BCUT2D eigenvalue weighted by molar-refractivity contribution is -0.115. The molecule has 0 bridgehead atoms. The third kappa shape index (κ3) is 6.13. The molecule has 0 atom stereocenters. The van der Waals surface area contributed by atoms with Gasteiger partial charge in [0.05, 0.1) is 12.0 Å². The molecule has 8 nitrogen and oxygen atoms in total. The van der Waals surface area contributed by atoms with Gasteiger partial charge in [0, 0.05) is 43.5 Å². The van der Waals surface area contributed by atoms with Crippen molar-refractivity contribution < 1.29 is 17.9 Å². The van der Waals surface area contributed by atoms with Gasteiger partial charge in [0.1, 0.15) is 5.75 Å². The van der Waals surface area contributed by atoms with Crippen LogP contribution >= 0.6 is 12.2 Å². The van der Waals surface area contributed by atoms with Crippen molar-refractivity contribution in [3.05, 3.63) is 60.2 Å². The fourth-order valence-corrected chi connectivity index (χ4v) is 4.81. The molecule has 0 spiro atoms. The molecule has 1 aliphatic heterocycles. The lowest BCUT2D eigenvalue weighted by Gasteiger charge is -2.31. The quantitative estimate of drug-likeness (QED) is 0.490. The number of hydrogen-bond donors (Lipinski definition) is 2. The van der Waals surface area contributed by atoms with E-state index in [-0.39, 0.29) is 10.0 Å². The van der Waals surface area contributed by atoms with Gasteiger partial charge in [0.2, 0.25) is 15.9 Å². The van der Waals surface area contributed by atoms with Crippen molar-refractivity contribution in [2.45, 2.75) is 4.90 Å². The van der Waals surface area contributed by atoms with Crippen LogP contribution in [0.3, 0.4) is 0 Å². The monoisotopic (exact) mass is 474 g/mol. The zero-order valence-corrected chi connectivity index (χ0v) is 19.6. The minimum atomic E-state index is -3.53. The average molecular weight is 475 g/mol. The number of nitrogens with zero attached hydrogens (tertiary/aromatic N) is 2. The highest BCUT2D eigenvalue weighted by Crippen LogP contribution is 2.20. The van der Waals surface area contributed by atoms with Crippen LogP contribution < -0.4 is 15.4 Å². The summed E-state index contributed by atoms with van der Waals surface area (Å²) in [7, 11) is 0.00331. The molecule has 0 aliphatic carbocycles. The van der Waals surface area contributed by atoms with Gasteiger partial charge in [-0.2, -0.15) is 4.31 Å². The molecule has 1 saturated heterocycles. The molecule has 0 aromatic heterocycles. The summed E-state index contributed by atoms with van der Waals surface area (Å²) in [5.74, 6) is 0.256. The number of likely N-dealkylation sites (N-methyl/N-ethyl adjacent to an activating group) is 1. The SMILES string of the molecule is COc1ccccc1/C=C\C(=O)NC(=S)Nc1ccc(S(=O)(=O)N2CCN(C)CC2)cc1. The van der Waals surface area contributed by atoms with Gasteiger partial charge < -0.3 is 15.0 Å². The molecule has 10 heteroatoms. The maximum atomic E-state index is 12.8. The van der Waals surface area contributed by atoms with Crippen molar-refractivity contribution in [3.8, 4) is 5.75 Å². The Bertz CT molecular complexity index is 1090. The zero-order chi connectivity index (χ0) is 23.1. The van der Waals surface area contributed by atoms with E-state index in [1.807, 2.05) is 25.2 Å². The second-order valence-corrected chi connectivity index (χ2v) is 9.60. The van der Waals surface area contributed by atoms with Crippen LogP contribution in [0.4, 0.5) is 5.69 Å². The van der Waals surface area contributed by atoms with Crippen LogP contribution in [0.15, 0.2) is 59.5 Å². The Morgan fingerprint density at radius 1 is 1.06 bits per heavy atom. The van der Waals surface area contributed by atoms with Crippen molar-refractivity contribution in [1.29, 1.82) is 0 Å². The Morgan fingerprint density at radius 3 is 2.38 bits per heavy atom. The summed E-state index contributed by atoms with van der Waals surface area (Å²) in [5.41, 5.74) is 1.34. The van der Waals surface area contributed by atoms with E-state index in [9.17, 15) is 13.2 Å². The zero-order valence-electron chi connectivity index (χ0n) is 17.9. The highest BCUT2D eigenvalue weighted by molar-refractivity contribution is 7.89. The first-order valence-electron chi connectivity index (χ1n) is 10.0. The first-order chi connectivity index (χ1) is 15.3. The molecule has 1 aliphatic rings. The Balaban J connectivity index is 1.56. The maximum Gasteiger partial charge on any atom is 0.250 e. The molecule has 2 N–H and O–H groups in total. The molecule has 0 radical (unpaired) electrons. The number of para-hydroxylation sites is 1. The van der Waals surface area contributed by atoms with E-state index in [1.165, 1.54) is 22.5 Å². The molecule has 1 heterocycles. The summed E-state index contributed by atoms with van der Waals surface area (Å²) in [5, 5.41) is 5.55. The molecule has 3 rings (SSSR count). The lowest BCUT2D eigenvalue weighted by atomic mass is 10.2. The first-order valence-corrected chi connectivity index (χ1v) is 11.9. The van der Waals surface area contributed by atoms with Crippen LogP contribution in [0, 0.1) is 0 Å². The number of rotatable bonds is 6. The van der Waals surface area contributed by atoms with Gasteiger partial charge in [-0.15, -0.1) is 0 Å². The van der Waals surface area contributed by atoms with Gasteiger partial charge in [0.25, 0.3) is 0 Å². The number of amides is 1. The number of hydrogen-bond acceptors (Lipinski definition) is 6. The fourth-order valence-electron chi connectivity index (χ4n) is 3.17. The van der Waals surface area contributed by atoms with Crippen molar-refractivity contribution in [1.82, 2.24) is 14.5 Å². The fraction of sp³-hybridized carbons (Fsp3) is 0.273. The number of methoxy groups -OCH3 is 1. The molecular formula is C22H26N4O4S2. The normalized spacial score (nSPS) is 15.4. The number of piperazine rings is 1. The van der Waals surface area contributed by atoms with Gasteiger partial charge in [-0.1, -0.05) is 18.2 Å². The highest BCUT2D eigenvalue weighted by Gasteiger charge is 2.27. The Hall–Kier alpha value is -2.79. The van der Waals surface area contributed by atoms with E-state index < -0.39 is 15.9 Å². The number of carbonyl (C=O) groups excluding carboxylic acids is 1. The number of anilines is 1. The first kappa shape index (κ1) is 23.9. The number of ether oxygens (including phenoxy) is 1. The Morgan fingerprint density at radius 2 is 1.72 bits per heavy atom. The topological polar surface area (TPSA) is 91.0 Å². The summed E-state index contributed by atoms with van der Waals surface area (Å²) in [6, 6.07) is 13.6. The van der Waals surface area contributed by atoms with Gasteiger partial charge in [-0.3, -0.25) is 10.1 Å². The number of thiocarbonyl (C=S) groups is 1. The van der Waals surface area contributed by atoms with Crippen LogP contribution in [-0.2, 0) is 14.8 Å². The summed E-state index contributed by atoms with van der Waals surface area (Å²) in [6.07, 6.45) is 2.99. The molecular weight excluding hydrogens is 448 g/mol. The molecule has 2 aromatic rings. The maximum absolute atomic E-state index is 12.8. The van der Waals surface area contributed by atoms with E-state index in [4.69, 9.17) is 17.0 Å². The molecule has 170 valence electrons. The van der Waals surface area contributed by atoms with Gasteiger partial charge >= 0.3 is 0 Å². The van der Waals surface area contributed by atoms with Crippen LogP contribution in [-0.4, -0.2) is 69.0 Å². The number of carbonyl (C=O) groups is 1.